The van der Waals surface area contributed by atoms with E-state index in [1.165, 1.54) is 0 Å². The maximum absolute atomic E-state index is 12.7. The van der Waals surface area contributed by atoms with Crippen molar-refractivity contribution in [3.63, 3.8) is 0 Å². The molecule has 1 fully saturated rings. The van der Waals surface area contributed by atoms with E-state index < -0.39 is 11.4 Å². The Morgan fingerprint density at radius 2 is 1.93 bits per heavy atom. The Morgan fingerprint density at radius 1 is 1.18 bits per heavy atom. The Labute approximate surface area is 165 Å². The normalized spacial score (nSPS) is 17.4. The highest BCUT2D eigenvalue weighted by molar-refractivity contribution is 5.89. The molecule has 6 heteroatoms. The van der Waals surface area contributed by atoms with Crippen molar-refractivity contribution in [2.45, 2.75) is 46.5 Å². The molecule has 1 unspecified atom stereocenters. The van der Waals surface area contributed by atoms with Crippen molar-refractivity contribution in [2.24, 2.45) is 5.41 Å². The molecule has 2 heterocycles. The maximum Gasteiger partial charge on any atom is 0.335 e. The van der Waals surface area contributed by atoms with Crippen LogP contribution >= 0.6 is 0 Å². The Hall–Kier alpha value is -2.76. The molecule has 1 aromatic carbocycles. The summed E-state index contributed by atoms with van der Waals surface area (Å²) in [6, 6.07) is 8.64. The lowest BCUT2D eigenvalue weighted by Crippen LogP contribution is -2.44. The number of piperidine rings is 1. The van der Waals surface area contributed by atoms with Gasteiger partial charge in [0.25, 0.3) is 0 Å². The standard InChI is InChI=1S/C22H27N3O3/c1-14-11-18(15-7-5-8-16(12-15)20(26)27)24-19(23-14)17-9-6-10-25(13-17)21(28)22(2,3)4/h5,7-8,11-12,17H,6,9-10,13H2,1-4H3,(H,26,27). The number of carboxylic acids is 1. The van der Waals surface area contributed by atoms with Crippen molar-refractivity contribution in [2.75, 3.05) is 13.1 Å². The highest BCUT2D eigenvalue weighted by Gasteiger charge is 2.32. The van der Waals surface area contributed by atoms with Gasteiger partial charge in [0.05, 0.1) is 11.3 Å². The summed E-state index contributed by atoms with van der Waals surface area (Å²) in [4.78, 5) is 35.3. The number of hydrogen-bond donors (Lipinski definition) is 1. The van der Waals surface area contributed by atoms with Gasteiger partial charge in [-0.1, -0.05) is 32.9 Å². The van der Waals surface area contributed by atoms with Crippen LogP contribution in [-0.2, 0) is 4.79 Å². The first-order valence-electron chi connectivity index (χ1n) is 9.64. The van der Waals surface area contributed by atoms with Crippen LogP contribution in [0.25, 0.3) is 11.3 Å². The number of likely N-dealkylation sites (tertiary alicyclic amines) is 1. The molecule has 1 aromatic heterocycles. The second kappa shape index (κ2) is 7.70. The van der Waals surface area contributed by atoms with Crippen LogP contribution in [0.15, 0.2) is 30.3 Å². The van der Waals surface area contributed by atoms with Crippen molar-refractivity contribution in [1.82, 2.24) is 14.9 Å². The van der Waals surface area contributed by atoms with Gasteiger partial charge in [0, 0.05) is 35.7 Å². The Bertz CT molecular complexity index is 902. The molecule has 0 bridgehead atoms. The minimum atomic E-state index is -0.962. The van der Waals surface area contributed by atoms with Crippen LogP contribution in [0.2, 0.25) is 0 Å². The number of carboxylic acid groups (broad SMARTS) is 1. The molecule has 1 atom stereocenters. The summed E-state index contributed by atoms with van der Waals surface area (Å²) >= 11 is 0. The van der Waals surface area contributed by atoms with Crippen LogP contribution in [0.3, 0.4) is 0 Å². The molecule has 0 aliphatic carbocycles. The van der Waals surface area contributed by atoms with Crippen LogP contribution in [-0.4, -0.2) is 44.9 Å². The molecule has 3 rings (SSSR count). The number of rotatable bonds is 3. The van der Waals surface area contributed by atoms with E-state index in [0.29, 0.717) is 12.2 Å². The third-order valence-electron chi connectivity index (χ3n) is 4.99. The number of aromatic nitrogens is 2. The van der Waals surface area contributed by atoms with Crippen molar-refractivity contribution in [3.05, 3.63) is 47.4 Å². The van der Waals surface area contributed by atoms with Gasteiger partial charge in [-0.3, -0.25) is 4.79 Å². The number of carbonyl (C=O) groups excluding carboxylic acids is 1. The van der Waals surface area contributed by atoms with E-state index in [1.54, 1.807) is 18.2 Å². The van der Waals surface area contributed by atoms with E-state index in [4.69, 9.17) is 4.98 Å². The number of carbonyl (C=O) groups is 2. The number of benzene rings is 1. The summed E-state index contributed by atoms with van der Waals surface area (Å²) in [5, 5.41) is 9.25. The molecule has 148 valence electrons. The zero-order valence-electron chi connectivity index (χ0n) is 16.9. The summed E-state index contributed by atoms with van der Waals surface area (Å²) in [5.74, 6) is -0.000744. The van der Waals surface area contributed by atoms with Crippen molar-refractivity contribution < 1.29 is 14.7 Å². The second-order valence-corrected chi connectivity index (χ2v) is 8.48. The molecule has 2 aromatic rings. The number of aromatic carboxylic acids is 1. The van der Waals surface area contributed by atoms with Gasteiger partial charge in [-0.15, -0.1) is 0 Å². The molecule has 1 saturated heterocycles. The van der Waals surface area contributed by atoms with E-state index >= 15 is 0 Å². The van der Waals surface area contributed by atoms with Crippen molar-refractivity contribution in [1.29, 1.82) is 0 Å². The molecule has 1 aliphatic rings. The minimum absolute atomic E-state index is 0.0846. The van der Waals surface area contributed by atoms with Gasteiger partial charge in [-0.25, -0.2) is 14.8 Å². The third-order valence-corrected chi connectivity index (χ3v) is 4.99. The lowest BCUT2D eigenvalue weighted by atomic mass is 9.90. The number of amides is 1. The zero-order chi connectivity index (χ0) is 20.5. The summed E-state index contributed by atoms with van der Waals surface area (Å²) in [6.45, 7) is 9.12. The highest BCUT2D eigenvalue weighted by Crippen LogP contribution is 2.29. The molecule has 0 saturated carbocycles. The van der Waals surface area contributed by atoms with Crippen molar-refractivity contribution in [3.8, 4) is 11.3 Å². The smallest absolute Gasteiger partial charge is 0.335 e. The number of aryl methyl sites for hydroxylation is 1. The fourth-order valence-electron chi connectivity index (χ4n) is 3.58. The van der Waals surface area contributed by atoms with Gasteiger partial charge in [-0.2, -0.15) is 0 Å². The quantitative estimate of drug-likeness (QED) is 0.872. The van der Waals surface area contributed by atoms with Crippen LogP contribution in [0.1, 0.15) is 61.4 Å². The largest absolute Gasteiger partial charge is 0.478 e. The highest BCUT2D eigenvalue weighted by atomic mass is 16.4. The summed E-state index contributed by atoms with van der Waals surface area (Å²) < 4.78 is 0. The van der Waals surface area contributed by atoms with Gasteiger partial charge >= 0.3 is 5.97 Å². The third kappa shape index (κ3) is 4.38. The molecular formula is C22H27N3O3. The van der Waals surface area contributed by atoms with Gasteiger partial charge < -0.3 is 10.0 Å². The van der Waals surface area contributed by atoms with Crippen LogP contribution < -0.4 is 0 Å². The Morgan fingerprint density at radius 3 is 2.61 bits per heavy atom. The van der Waals surface area contributed by atoms with E-state index in [0.717, 1.165) is 36.5 Å². The minimum Gasteiger partial charge on any atom is -0.478 e. The topological polar surface area (TPSA) is 83.4 Å². The first kappa shape index (κ1) is 20.0. The fourth-order valence-corrected chi connectivity index (χ4v) is 3.58. The van der Waals surface area contributed by atoms with Gasteiger partial charge in [0.1, 0.15) is 5.82 Å². The van der Waals surface area contributed by atoms with E-state index in [2.05, 4.69) is 4.98 Å². The van der Waals surface area contributed by atoms with Gasteiger partial charge in [-0.05, 0) is 38.0 Å². The van der Waals surface area contributed by atoms with E-state index in [1.807, 2.05) is 44.7 Å². The maximum atomic E-state index is 12.7. The van der Waals surface area contributed by atoms with E-state index in [-0.39, 0.29) is 17.4 Å². The van der Waals surface area contributed by atoms with Gasteiger partial charge in [0.15, 0.2) is 0 Å². The van der Waals surface area contributed by atoms with Crippen molar-refractivity contribution >= 4 is 11.9 Å². The first-order chi connectivity index (χ1) is 13.1. The molecule has 1 aliphatic heterocycles. The van der Waals surface area contributed by atoms with Crippen LogP contribution in [0.4, 0.5) is 0 Å². The number of nitrogens with zero attached hydrogens (tertiary/aromatic N) is 3. The molecule has 0 spiro atoms. The lowest BCUT2D eigenvalue weighted by Gasteiger charge is -2.36. The monoisotopic (exact) mass is 381 g/mol. The van der Waals surface area contributed by atoms with Gasteiger partial charge in [0.2, 0.25) is 5.91 Å². The van der Waals surface area contributed by atoms with E-state index in [9.17, 15) is 14.7 Å². The average molecular weight is 381 g/mol. The first-order valence-corrected chi connectivity index (χ1v) is 9.64. The Balaban J connectivity index is 1.90. The van der Waals surface area contributed by atoms with Crippen LogP contribution in [0.5, 0.6) is 0 Å². The summed E-state index contributed by atoms with van der Waals surface area (Å²) in [5.41, 5.74) is 2.13. The molecule has 6 nitrogen and oxygen atoms in total. The average Bonchev–Trinajstić information content (AvgIpc) is 2.66. The fraction of sp³-hybridized carbons (Fsp3) is 0.455. The Kier molecular flexibility index (Phi) is 5.49. The number of hydrogen-bond acceptors (Lipinski definition) is 4. The predicted molar refractivity (Wildman–Crippen MR) is 107 cm³/mol. The lowest BCUT2D eigenvalue weighted by molar-refractivity contribution is -0.140. The molecule has 0 radical (unpaired) electrons. The summed E-state index contributed by atoms with van der Waals surface area (Å²) in [7, 11) is 0. The zero-order valence-corrected chi connectivity index (χ0v) is 16.9. The predicted octanol–water partition coefficient (Wildman–Crippen LogP) is 3.90. The summed E-state index contributed by atoms with van der Waals surface area (Å²) in [6.07, 6.45) is 1.86. The van der Waals surface area contributed by atoms with Crippen LogP contribution in [0, 0.1) is 12.3 Å². The second-order valence-electron chi connectivity index (χ2n) is 8.48. The molecular weight excluding hydrogens is 354 g/mol. The molecule has 28 heavy (non-hydrogen) atoms. The molecule has 1 N–H and O–H groups in total. The SMILES string of the molecule is Cc1cc(-c2cccc(C(=O)O)c2)nc(C2CCCN(C(=O)C(C)(C)C)C2)n1. The molecule has 1 amide bonds.